The number of aromatic nitrogens is 2. The zero-order valence-corrected chi connectivity index (χ0v) is 21.0. The maximum atomic E-state index is 12.8. The number of carbonyl (C=O) groups excluding carboxylic acids is 1. The van der Waals surface area contributed by atoms with Gasteiger partial charge < -0.3 is 25.2 Å². The summed E-state index contributed by atoms with van der Waals surface area (Å²) in [6.07, 6.45) is 3.05. The van der Waals surface area contributed by atoms with Crippen molar-refractivity contribution in [2.24, 2.45) is 0 Å². The average molecular weight is 510 g/mol. The molecule has 1 atom stereocenters. The van der Waals surface area contributed by atoms with Crippen LogP contribution in [0.2, 0.25) is 0 Å². The van der Waals surface area contributed by atoms with Crippen LogP contribution in [0.4, 0.5) is 5.82 Å². The molecule has 5 heterocycles. The number of thiophene rings is 1. The first-order valence-electron chi connectivity index (χ1n) is 12.7. The lowest BCUT2D eigenvalue weighted by Gasteiger charge is -2.36. The minimum absolute atomic E-state index is 0.142. The number of hydrogen-bond acceptors (Lipinski definition) is 9. The quantitative estimate of drug-likeness (QED) is 0.482. The third kappa shape index (κ3) is 4.54. The van der Waals surface area contributed by atoms with E-state index < -0.39 is 0 Å². The van der Waals surface area contributed by atoms with Crippen LogP contribution in [-0.4, -0.2) is 81.0 Å². The van der Waals surface area contributed by atoms with Crippen LogP contribution in [0.15, 0.2) is 23.6 Å². The molecule has 1 aromatic carbocycles. The molecule has 3 N–H and O–H groups in total. The summed E-state index contributed by atoms with van der Waals surface area (Å²) in [4.78, 5) is 16.9. The Morgan fingerprint density at radius 1 is 1.11 bits per heavy atom. The fraction of sp³-hybridized carbons (Fsp3) is 0.500. The van der Waals surface area contributed by atoms with E-state index in [1.54, 1.807) is 11.3 Å². The van der Waals surface area contributed by atoms with Crippen molar-refractivity contribution in [3.05, 3.63) is 34.7 Å². The number of fused-ring (bicyclic) bond motifs is 2. The van der Waals surface area contributed by atoms with E-state index in [-0.39, 0.29) is 23.8 Å². The van der Waals surface area contributed by atoms with E-state index in [0.717, 1.165) is 53.0 Å². The predicted octanol–water partition coefficient (Wildman–Crippen LogP) is 2.95. The summed E-state index contributed by atoms with van der Waals surface area (Å²) in [5, 5.41) is 36.0. The first-order chi connectivity index (χ1) is 17.6. The van der Waals surface area contributed by atoms with E-state index in [0.29, 0.717) is 56.9 Å². The Morgan fingerprint density at radius 2 is 1.94 bits per heavy atom. The van der Waals surface area contributed by atoms with Gasteiger partial charge in [0, 0.05) is 52.5 Å². The number of aliphatic hydroxyl groups excluding tert-OH is 1. The number of phenols is 1. The molecular formula is C26H31N5O4S. The molecule has 36 heavy (non-hydrogen) atoms. The molecule has 3 aliphatic rings. The number of aromatic hydroxyl groups is 1. The number of piperidine rings is 2. The highest BCUT2D eigenvalue weighted by Crippen LogP contribution is 2.41. The number of anilines is 1. The van der Waals surface area contributed by atoms with Crippen LogP contribution >= 0.6 is 11.3 Å². The highest BCUT2D eigenvalue weighted by molar-refractivity contribution is 7.17. The van der Waals surface area contributed by atoms with Crippen LogP contribution < -0.4 is 5.32 Å². The highest BCUT2D eigenvalue weighted by Gasteiger charge is 2.29. The first kappa shape index (κ1) is 23.6. The minimum Gasteiger partial charge on any atom is -0.507 e. The van der Waals surface area contributed by atoms with Gasteiger partial charge in [0.25, 0.3) is 0 Å². The summed E-state index contributed by atoms with van der Waals surface area (Å²) < 4.78 is 6.83. The molecule has 1 amide bonds. The SMILES string of the molecule is O=C(CN1CCC[C@@H](Nc2nnc(-c3ccc4sccc4c3O)c3c2COC3)C1)N1CCC(O)CC1. The Bertz CT molecular complexity index is 1270. The molecule has 2 fully saturated rings. The number of rotatable bonds is 5. The van der Waals surface area contributed by atoms with Gasteiger partial charge >= 0.3 is 0 Å². The van der Waals surface area contributed by atoms with Gasteiger partial charge in [-0.1, -0.05) is 0 Å². The van der Waals surface area contributed by atoms with Crippen LogP contribution in [0.3, 0.4) is 0 Å². The molecule has 0 unspecified atom stereocenters. The van der Waals surface area contributed by atoms with Crippen molar-refractivity contribution in [2.75, 3.05) is 38.0 Å². The normalized spacial score (nSPS) is 21.1. The molecule has 3 aromatic rings. The number of amides is 1. The van der Waals surface area contributed by atoms with Gasteiger partial charge in [0.15, 0.2) is 5.82 Å². The van der Waals surface area contributed by atoms with E-state index in [1.165, 1.54) is 0 Å². The summed E-state index contributed by atoms with van der Waals surface area (Å²) in [7, 11) is 0. The number of likely N-dealkylation sites (tertiary alicyclic amines) is 2. The third-order valence-corrected chi connectivity index (χ3v) is 8.45. The van der Waals surface area contributed by atoms with Crippen LogP contribution in [0.5, 0.6) is 5.75 Å². The van der Waals surface area contributed by atoms with Crippen LogP contribution in [0, 0.1) is 0 Å². The lowest BCUT2D eigenvalue weighted by Crippen LogP contribution is -2.49. The van der Waals surface area contributed by atoms with Crippen molar-refractivity contribution < 1.29 is 19.7 Å². The summed E-state index contributed by atoms with van der Waals surface area (Å²) in [5.74, 6) is 1.10. The number of benzene rings is 1. The van der Waals surface area contributed by atoms with Gasteiger partial charge in [-0.05, 0) is 55.8 Å². The van der Waals surface area contributed by atoms with Crippen molar-refractivity contribution in [1.82, 2.24) is 20.0 Å². The van der Waals surface area contributed by atoms with Crippen LogP contribution in [0.25, 0.3) is 21.3 Å². The van der Waals surface area contributed by atoms with Gasteiger partial charge in [-0.2, -0.15) is 0 Å². The van der Waals surface area contributed by atoms with Gasteiger partial charge in [-0.3, -0.25) is 9.69 Å². The second kappa shape index (κ2) is 9.93. The fourth-order valence-corrected chi connectivity index (χ4v) is 6.33. The number of phenolic OH excluding ortho intramolecular Hbond substituents is 1. The van der Waals surface area contributed by atoms with Gasteiger partial charge in [0.2, 0.25) is 5.91 Å². The third-order valence-electron chi connectivity index (χ3n) is 7.56. The van der Waals surface area contributed by atoms with Crippen molar-refractivity contribution in [3.63, 3.8) is 0 Å². The molecule has 2 saturated heterocycles. The Hall–Kier alpha value is -2.79. The van der Waals surface area contributed by atoms with E-state index in [1.807, 2.05) is 28.5 Å². The Morgan fingerprint density at radius 3 is 2.81 bits per heavy atom. The smallest absolute Gasteiger partial charge is 0.236 e. The lowest BCUT2D eigenvalue weighted by atomic mass is 10.0. The fourth-order valence-electron chi connectivity index (χ4n) is 5.54. The predicted molar refractivity (Wildman–Crippen MR) is 138 cm³/mol. The molecule has 2 aromatic heterocycles. The van der Waals surface area contributed by atoms with Gasteiger partial charge in [0.05, 0.1) is 25.9 Å². The van der Waals surface area contributed by atoms with Crippen molar-refractivity contribution in [3.8, 4) is 17.0 Å². The van der Waals surface area contributed by atoms with E-state index in [9.17, 15) is 15.0 Å². The lowest BCUT2D eigenvalue weighted by molar-refractivity contribution is -0.134. The highest BCUT2D eigenvalue weighted by atomic mass is 32.1. The van der Waals surface area contributed by atoms with Gasteiger partial charge in [-0.15, -0.1) is 21.5 Å². The summed E-state index contributed by atoms with van der Waals surface area (Å²) in [5.41, 5.74) is 3.30. The van der Waals surface area contributed by atoms with Gasteiger partial charge in [0.1, 0.15) is 11.4 Å². The molecule has 6 rings (SSSR count). The zero-order chi connectivity index (χ0) is 24.6. The second-order valence-corrected chi connectivity index (χ2v) is 10.9. The number of nitrogens with one attached hydrogen (secondary N) is 1. The zero-order valence-electron chi connectivity index (χ0n) is 20.2. The summed E-state index contributed by atoms with van der Waals surface area (Å²) in [6, 6.07) is 6.00. The molecule has 0 spiro atoms. The number of ether oxygens (including phenoxy) is 1. The molecule has 0 saturated carbocycles. The molecule has 10 heteroatoms. The van der Waals surface area contributed by atoms with Crippen molar-refractivity contribution in [2.45, 2.75) is 51.0 Å². The topological polar surface area (TPSA) is 111 Å². The minimum atomic E-state index is -0.279. The standard InChI is InChI=1S/C26H31N5O4S/c32-17-5-9-31(10-6-17)23(33)13-30-8-1-2-16(12-30)27-26-21-15-35-14-20(21)24(28-29-26)19-3-4-22-18(25(19)34)7-11-36-22/h3-4,7,11,16-17,32,34H,1-2,5-6,8-10,12-15H2,(H,27,29)/t16-/m1/s1. The summed E-state index contributed by atoms with van der Waals surface area (Å²) >= 11 is 1.60. The van der Waals surface area contributed by atoms with E-state index >= 15 is 0 Å². The number of hydrogen-bond donors (Lipinski definition) is 3. The number of aliphatic hydroxyl groups is 1. The molecule has 190 valence electrons. The van der Waals surface area contributed by atoms with Crippen LogP contribution in [-0.2, 0) is 22.7 Å². The largest absolute Gasteiger partial charge is 0.507 e. The average Bonchev–Trinajstić information content (AvgIpc) is 3.56. The van der Waals surface area contributed by atoms with Gasteiger partial charge in [-0.25, -0.2) is 0 Å². The maximum absolute atomic E-state index is 12.8. The molecule has 0 radical (unpaired) electrons. The van der Waals surface area contributed by atoms with E-state index in [4.69, 9.17) is 4.74 Å². The Kier molecular flexibility index (Phi) is 6.51. The second-order valence-electron chi connectivity index (χ2n) is 9.97. The molecular weight excluding hydrogens is 478 g/mol. The van der Waals surface area contributed by atoms with E-state index in [2.05, 4.69) is 20.4 Å². The molecule has 0 aliphatic carbocycles. The Labute approximate surface area is 213 Å². The molecule has 9 nitrogen and oxygen atoms in total. The molecule has 3 aliphatic heterocycles. The van der Waals surface area contributed by atoms with Crippen molar-refractivity contribution >= 4 is 33.1 Å². The number of carbonyl (C=O) groups is 1. The summed E-state index contributed by atoms with van der Waals surface area (Å²) in [6.45, 7) is 4.23. The number of nitrogens with zero attached hydrogens (tertiary/aromatic N) is 4. The Balaban J connectivity index is 1.16. The van der Waals surface area contributed by atoms with Crippen LogP contribution in [0.1, 0.15) is 36.8 Å². The monoisotopic (exact) mass is 509 g/mol. The molecule has 0 bridgehead atoms. The first-order valence-corrected chi connectivity index (χ1v) is 13.5. The van der Waals surface area contributed by atoms with Crippen molar-refractivity contribution in [1.29, 1.82) is 0 Å². The maximum Gasteiger partial charge on any atom is 0.236 e.